The van der Waals surface area contributed by atoms with Gasteiger partial charge >= 0.3 is 0 Å². The lowest BCUT2D eigenvalue weighted by atomic mass is 10.0. The fraction of sp³-hybridized carbons (Fsp3) is 0.316. The largest absolute Gasteiger partial charge is 0.494 e. The highest BCUT2D eigenvalue weighted by molar-refractivity contribution is 5.98. The van der Waals surface area contributed by atoms with Gasteiger partial charge in [-0.2, -0.15) is 0 Å². The van der Waals surface area contributed by atoms with Gasteiger partial charge in [0.15, 0.2) is 0 Å². The second kappa shape index (κ2) is 10.0. The summed E-state index contributed by atoms with van der Waals surface area (Å²) in [5.74, 6) is -1.12. The van der Waals surface area contributed by atoms with Crippen LogP contribution in [0.5, 0.6) is 5.75 Å². The van der Waals surface area contributed by atoms with Crippen LogP contribution < -0.4 is 20.9 Å². The Morgan fingerprint density at radius 1 is 1.04 bits per heavy atom. The third-order valence-corrected chi connectivity index (χ3v) is 3.76. The van der Waals surface area contributed by atoms with Crippen molar-refractivity contribution in [2.45, 2.75) is 26.8 Å². The number of nitrogens with one attached hydrogen (secondary N) is 3. The summed E-state index contributed by atoms with van der Waals surface area (Å²) in [6, 6.07) is 5.76. The van der Waals surface area contributed by atoms with E-state index in [1.807, 2.05) is 6.92 Å². The van der Waals surface area contributed by atoms with Crippen LogP contribution in [0.25, 0.3) is 0 Å². The summed E-state index contributed by atoms with van der Waals surface area (Å²) >= 11 is 0. The first kappa shape index (κ1) is 20.8. The zero-order chi connectivity index (χ0) is 20.5. The second-order valence-corrected chi connectivity index (χ2v) is 6.19. The van der Waals surface area contributed by atoms with Gasteiger partial charge in [-0.1, -0.05) is 13.8 Å². The van der Waals surface area contributed by atoms with Crippen LogP contribution in [0, 0.1) is 5.92 Å². The molecule has 9 heteroatoms. The van der Waals surface area contributed by atoms with Gasteiger partial charge in [0.2, 0.25) is 0 Å². The van der Waals surface area contributed by atoms with Gasteiger partial charge in [0.1, 0.15) is 17.5 Å². The molecule has 28 heavy (non-hydrogen) atoms. The molecule has 1 atom stereocenters. The van der Waals surface area contributed by atoms with Gasteiger partial charge < -0.3 is 10.1 Å². The van der Waals surface area contributed by atoms with Crippen LogP contribution in [0.15, 0.2) is 42.9 Å². The molecule has 0 radical (unpaired) electrons. The SMILES string of the molecule is CCOc1ccc(C(=O)NC(C(=O)NNC(=O)c2cnccn2)C(C)C)cc1. The van der Waals surface area contributed by atoms with Gasteiger partial charge in [0.05, 0.1) is 12.8 Å². The van der Waals surface area contributed by atoms with Crippen LogP contribution in [0.3, 0.4) is 0 Å². The zero-order valence-electron chi connectivity index (χ0n) is 15.9. The summed E-state index contributed by atoms with van der Waals surface area (Å²) < 4.78 is 5.34. The Morgan fingerprint density at radius 2 is 1.75 bits per heavy atom. The molecule has 0 saturated heterocycles. The number of benzene rings is 1. The van der Waals surface area contributed by atoms with Crippen molar-refractivity contribution in [1.82, 2.24) is 26.1 Å². The molecule has 0 fully saturated rings. The van der Waals surface area contributed by atoms with Gasteiger partial charge in [-0.3, -0.25) is 30.2 Å². The molecule has 0 saturated carbocycles. The van der Waals surface area contributed by atoms with E-state index in [0.29, 0.717) is 17.9 Å². The highest BCUT2D eigenvalue weighted by atomic mass is 16.5. The van der Waals surface area contributed by atoms with Crippen molar-refractivity contribution < 1.29 is 19.1 Å². The number of hydrogen-bond donors (Lipinski definition) is 3. The van der Waals surface area contributed by atoms with Crippen LogP contribution in [0.2, 0.25) is 0 Å². The van der Waals surface area contributed by atoms with Gasteiger partial charge in [0.25, 0.3) is 17.7 Å². The first-order chi connectivity index (χ1) is 13.4. The topological polar surface area (TPSA) is 122 Å². The summed E-state index contributed by atoms with van der Waals surface area (Å²) in [5.41, 5.74) is 5.02. The van der Waals surface area contributed by atoms with Crippen LogP contribution >= 0.6 is 0 Å². The summed E-state index contributed by atoms with van der Waals surface area (Å²) in [7, 11) is 0. The molecule has 3 amide bonds. The smallest absolute Gasteiger partial charge is 0.289 e. The van der Waals surface area contributed by atoms with E-state index in [4.69, 9.17) is 4.74 Å². The average molecular weight is 385 g/mol. The van der Waals surface area contributed by atoms with Crippen molar-refractivity contribution in [1.29, 1.82) is 0 Å². The van der Waals surface area contributed by atoms with Gasteiger partial charge in [0, 0.05) is 18.0 Å². The van der Waals surface area contributed by atoms with E-state index in [9.17, 15) is 14.4 Å². The summed E-state index contributed by atoms with van der Waals surface area (Å²) in [6.07, 6.45) is 4.07. The molecule has 1 heterocycles. The molecular weight excluding hydrogens is 362 g/mol. The third kappa shape index (κ3) is 5.76. The second-order valence-electron chi connectivity index (χ2n) is 6.19. The molecule has 1 aromatic carbocycles. The fourth-order valence-electron chi connectivity index (χ4n) is 2.31. The van der Waals surface area contributed by atoms with Crippen molar-refractivity contribution in [3.05, 3.63) is 54.1 Å². The average Bonchev–Trinajstić information content (AvgIpc) is 2.71. The maximum absolute atomic E-state index is 12.5. The quantitative estimate of drug-likeness (QED) is 0.613. The number of hydrazine groups is 1. The Hall–Kier alpha value is -3.49. The Balaban J connectivity index is 1.96. The maximum atomic E-state index is 12.5. The standard InChI is InChI=1S/C19H23N5O4/c1-4-28-14-7-5-13(6-8-14)17(25)22-16(12(2)3)19(27)24-23-18(26)15-11-20-9-10-21-15/h5-12,16H,4H2,1-3H3,(H,22,25)(H,23,26)(H,24,27). The van der Waals surface area contributed by atoms with E-state index in [-0.39, 0.29) is 11.6 Å². The Kier molecular flexibility index (Phi) is 7.44. The van der Waals surface area contributed by atoms with Crippen molar-refractivity contribution in [3.63, 3.8) is 0 Å². The summed E-state index contributed by atoms with van der Waals surface area (Å²) in [6.45, 7) is 5.97. The van der Waals surface area contributed by atoms with Gasteiger partial charge in [-0.05, 0) is 37.1 Å². The molecule has 0 spiro atoms. The highest BCUT2D eigenvalue weighted by Crippen LogP contribution is 2.13. The molecule has 1 aromatic heterocycles. The molecule has 1 unspecified atom stereocenters. The number of nitrogens with zero attached hydrogens (tertiary/aromatic N) is 2. The minimum absolute atomic E-state index is 0.0577. The first-order valence-corrected chi connectivity index (χ1v) is 8.82. The van der Waals surface area contributed by atoms with Crippen molar-refractivity contribution in [2.75, 3.05) is 6.61 Å². The molecule has 0 aliphatic heterocycles. The Bertz CT molecular complexity index is 809. The zero-order valence-corrected chi connectivity index (χ0v) is 15.9. The predicted octanol–water partition coefficient (Wildman–Crippen LogP) is 1.09. The van der Waals surface area contributed by atoms with Crippen LogP contribution in [0.4, 0.5) is 0 Å². The fourth-order valence-corrected chi connectivity index (χ4v) is 2.31. The van der Waals surface area contributed by atoms with Crippen molar-refractivity contribution in [3.8, 4) is 5.75 Å². The predicted molar refractivity (Wildman–Crippen MR) is 101 cm³/mol. The van der Waals surface area contributed by atoms with E-state index in [1.54, 1.807) is 38.1 Å². The lowest BCUT2D eigenvalue weighted by molar-refractivity contribution is -0.124. The monoisotopic (exact) mass is 385 g/mol. The Morgan fingerprint density at radius 3 is 2.32 bits per heavy atom. The third-order valence-electron chi connectivity index (χ3n) is 3.76. The first-order valence-electron chi connectivity index (χ1n) is 8.82. The Labute approximate surface area is 162 Å². The number of hydrogen-bond acceptors (Lipinski definition) is 6. The molecule has 9 nitrogen and oxygen atoms in total. The summed E-state index contributed by atoms with van der Waals surface area (Å²) in [4.78, 5) is 44.5. The number of ether oxygens (including phenoxy) is 1. The molecule has 148 valence electrons. The van der Waals surface area contributed by atoms with E-state index in [0.717, 1.165) is 0 Å². The molecule has 2 aromatic rings. The number of amides is 3. The van der Waals surface area contributed by atoms with E-state index >= 15 is 0 Å². The molecule has 0 aliphatic rings. The van der Waals surface area contributed by atoms with Crippen LogP contribution in [-0.2, 0) is 4.79 Å². The number of carbonyl (C=O) groups excluding carboxylic acids is 3. The number of rotatable bonds is 7. The van der Waals surface area contributed by atoms with Gasteiger partial charge in [-0.25, -0.2) is 4.98 Å². The van der Waals surface area contributed by atoms with Crippen LogP contribution in [0.1, 0.15) is 41.6 Å². The van der Waals surface area contributed by atoms with E-state index in [1.165, 1.54) is 18.6 Å². The minimum atomic E-state index is -0.846. The van der Waals surface area contributed by atoms with Gasteiger partial charge in [-0.15, -0.1) is 0 Å². The van der Waals surface area contributed by atoms with Crippen molar-refractivity contribution in [2.24, 2.45) is 5.92 Å². The molecular formula is C19H23N5O4. The van der Waals surface area contributed by atoms with Crippen LogP contribution in [-0.4, -0.2) is 40.3 Å². The molecule has 2 rings (SSSR count). The summed E-state index contributed by atoms with van der Waals surface area (Å²) in [5, 5.41) is 2.68. The maximum Gasteiger partial charge on any atom is 0.289 e. The molecule has 0 aliphatic carbocycles. The van der Waals surface area contributed by atoms with E-state index in [2.05, 4.69) is 26.1 Å². The number of aromatic nitrogens is 2. The van der Waals surface area contributed by atoms with Crippen molar-refractivity contribution >= 4 is 17.7 Å². The lowest BCUT2D eigenvalue weighted by Gasteiger charge is -2.21. The minimum Gasteiger partial charge on any atom is -0.494 e. The highest BCUT2D eigenvalue weighted by Gasteiger charge is 2.25. The molecule has 3 N–H and O–H groups in total. The number of carbonyl (C=O) groups is 3. The van der Waals surface area contributed by atoms with E-state index < -0.39 is 23.8 Å². The normalized spacial score (nSPS) is 11.4. The molecule has 0 bridgehead atoms. The lowest BCUT2D eigenvalue weighted by Crippen LogP contribution is -2.54.